The van der Waals surface area contributed by atoms with Gasteiger partial charge in [0.15, 0.2) is 0 Å². The molecule has 1 heterocycles. The Morgan fingerprint density at radius 2 is 2.29 bits per heavy atom. The second kappa shape index (κ2) is 7.44. The molecule has 2 rings (SSSR count). The van der Waals surface area contributed by atoms with E-state index in [-0.39, 0.29) is 11.8 Å². The largest absolute Gasteiger partial charge is 0.490 e. The van der Waals surface area contributed by atoms with Gasteiger partial charge in [-0.25, -0.2) is 4.98 Å². The minimum absolute atomic E-state index is 0.108. The zero-order valence-electron chi connectivity index (χ0n) is 12.0. The van der Waals surface area contributed by atoms with Gasteiger partial charge < -0.3 is 20.4 Å². The Bertz CT molecular complexity index is 569. The molecule has 0 aliphatic heterocycles. The first-order valence-corrected chi connectivity index (χ1v) is 6.89. The Hall–Kier alpha value is -2.34. The van der Waals surface area contributed by atoms with Crippen molar-refractivity contribution in [2.75, 3.05) is 18.5 Å². The number of carbonyl (C=O) groups is 1. The molecule has 2 aromatic rings. The Morgan fingerprint density at radius 1 is 1.48 bits per heavy atom. The molecule has 3 N–H and O–H groups in total. The number of ether oxygens (including phenoxy) is 1. The quantitative estimate of drug-likeness (QED) is 0.809. The van der Waals surface area contributed by atoms with Crippen molar-refractivity contribution in [3.63, 3.8) is 0 Å². The molecule has 0 saturated heterocycles. The standard InChI is InChI=1S/C15H20N4O2/c1-12(10-16)15(20)18-13-4-2-3-5-14(13)21-9-8-19-7-6-17-11-19/h2-7,11-12H,8-10,16H2,1H3,(H,18,20). The molecule has 112 valence electrons. The molecule has 1 amide bonds. The predicted molar refractivity (Wildman–Crippen MR) is 81.0 cm³/mol. The highest BCUT2D eigenvalue weighted by Crippen LogP contribution is 2.24. The number of carbonyl (C=O) groups excluding carboxylic acids is 1. The molecule has 0 fully saturated rings. The van der Waals surface area contributed by atoms with Crippen LogP contribution in [0, 0.1) is 5.92 Å². The van der Waals surface area contributed by atoms with Crippen LogP contribution in [0.1, 0.15) is 6.92 Å². The van der Waals surface area contributed by atoms with Crippen molar-refractivity contribution < 1.29 is 9.53 Å². The molecular weight excluding hydrogens is 268 g/mol. The van der Waals surface area contributed by atoms with Crippen LogP contribution in [-0.4, -0.2) is 28.6 Å². The van der Waals surface area contributed by atoms with E-state index < -0.39 is 0 Å². The van der Waals surface area contributed by atoms with Crippen molar-refractivity contribution in [1.82, 2.24) is 9.55 Å². The summed E-state index contributed by atoms with van der Waals surface area (Å²) in [5.74, 6) is 0.308. The fraction of sp³-hybridized carbons (Fsp3) is 0.333. The van der Waals surface area contributed by atoms with Crippen molar-refractivity contribution >= 4 is 11.6 Å². The van der Waals surface area contributed by atoms with Gasteiger partial charge in [-0.3, -0.25) is 4.79 Å². The van der Waals surface area contributed by atoms with E-state index >= 15 is 0 Å². The minimum atomic E-state index is -0.232. The van der Waals surface area contributed by atoms with Gasteiger partial charge in [-0.15, -0.1) is 0 Å². The number of hydrogen-bond donors (Lipinski definition) is 2. The van der Waals surface area contributed by atoms with Gasteiger partial charge in [-0.1, -0.05) is 19.1 Å². The van der Waals surface area contributed by atoms with Crippen molar-refractivity contribution in [2.45, 2.75) is 13.5 Å². The summed E-state index contributed by atoms with van der Waals surface area (Å²) in [4.78, 5) is 15.9. The lowest BCUT2D eigenvalue weighted by atomic mass is 10.1. The second-order valence-electron chi connectivity index (χ2n) is 4.77. The summed E-state index contributed by atoms with van der Waals surface area (Å²) in [6.07, 6.45) is 5.34. The summed E-state index contributed by atoms with van der Waals surface area (Å²) >= 11 is 0. The fourth-order valence-electron chi connectivity index (χ4n) is 1.74. The maximum Gasteiger partial charge on any atom is 0.228 e. The van der Waals surface area contributed by atoms with Crippen molar-refractivity contribution in [3.05, 3.63) is 43.0 Å². The molecule has 1 atom stereocenters. The van der Waals surface area contributed by atoms with E-state index in [0.29, 0.717) is 31.1 Å². The lowest BCUT2D eigenvalue weighted by molar-refractivity contribution is -0.119. The number of anilines is 1. The molecule has 0 bridgehead atoms. The Morgan fingerprint density at radius 3 is 3.00 bits per heavy atom. The summed E-state index contributed by atoms with van der Waals surface area (Å²) in [5.41, 5.74) is 6.16. The summed E-state index contributed by atoms with van der Waals surface area (Å²) in [5, 5.41) is 2.84. The number of nitrogens with zero attached hydrogens (tertiary/aromatic N) is 2. The number of para-hydroxylation sites is 2. The third-order valence-electron chi connectivity index (χ3n) is 3.11. The van der Waals surface area contributed by atoms with Crippen LogP contribution in [-0.2, 0) is 11.3 Å². The van der Waals surface area contributed by atoms with Gasteiger partial charge in [0.05, 0.1) is 18.6 Å². The van der Waals surface area contributed by atoms with Gasteiger partial charge >= 0.3 is 0 Å². The number of amides is 1. The summed E-state index contributed by atoms with van der Waals surface area (Å²) in [6.45, 7) is 3.30. The lowest BCUT2D eigenvalue weighted by Gasteiger charge is -2.14. The molecule has 0 saturated carbocycles. The van der Waals surface area contributed by atoms with Crippen LogP contribution < -0.4 is 15.8 Å². The third kappa shape index (κ3) is 4.32. The minimum Gasteiger partial charge on any atom is -0.490 e. The van der Waals surface area contributed by atoms with Crippen LogP contribution >= 0.6 is 0 Å². The molecule has 6 nitrogen and oxygen atoms in total. The monoisotopic (exact) mass is 288 g/mol. The first kappa shape index (κ1) is 15.1. The summed E-state index contributed by atoms with van der Waals surface area (Å²) in [6, 6.07) is 7.37. The van der Waals surface area contributed by atoms with Crippen LogP contribution in [0.2, 0.25) is 0 Å². The Kier molecular flexibility index (Phi) is 5.34. The van der Waals surface area contributed by atoms with E-state index in [0.717, 1.165) is 0 Å². The topological polar surface area (TPSA) is 82.2 Å². The van der Waals surface area contributed by atoms with E-state index in [1.54, 1.807) is 19.4 Å². The molecule has 1 aromatic carbocycles. The predicted octanol–water partition coefficient (Wildman–Crippen LogP) is 1.50. The average molecular weight is 288 g/mol. The highest BCUT2D eigenvalue weighted by Gasteiger charge is 2.13. The van der Waals surface area contributed by atoms with Gasteiger partial charge in [0.2, 0.25) is 5.91 Å². The number of benzene rings is 1. The van der Waals surface area contributed by atoms with Gasteiger partial charge in [0.25, 0.3) is 0 Å². The van der Waals surface area contributed by atoms with Crippen LogP contribution in [0.15, 0.2) is 43.0 Å². The van der Waals surface area contributed by atoms with Gasteiger partial charge in [-0.05, 0) is 12.1 Å². The van der Waals surface area contributed by atoms with Crippen molar-refractivity contribution in [2.24, 2.45) is 11.7 Å². The first-order valence-electron chi connectivity index (χ1n) is 6.89. The number of aromatic nitrogens is 2. The second-order valence-corrected chi connectivity index (χ2v) is 4.77. The Balaban J connectivity index is 1.94. The number of imidazole rings is 1. The number of nitrogens with one attached hydrogen (secondary N) is 1. The molecular formula is C15H20N4O2. The maximum absolute atomic E-state index is 11.9. The van der Waals surface area contributed by atoms with Crippen LogP contribution in [0.5, 0.6) is 5.75 Å². The van der Waals surface area contributed by atoms with E-state index in [1.165, 1.54) is 0 Å². The highest BCUT2D eigenvalue weighted by molar-refractivity contribution is 5.93. The molecule has 1 unspecified atom stereocenters. The number of rotatable bonds is 7. The molecule has 21 heavy (non-hydrogen) atoms. The molecule has 0 aliphatic carbocycles. The van der Waals surface area contributed by atoms with E-state index in [4.69, 9.17) is 10.5 Å². The maximum atomic E-state index is 11.9. The normalized spacial score (nSPS) is 11.9. The molecule has 0 radical (unpaired) electrons. The molecule has 0 aliphatic rings. The average Bonchev–Trinajstić information content (AvgIpc) is 3.01. The smallest absolute Gasteiger partial charge is 0.228 e. The molecule has 0 spiro atoms. The molecule has 6 heteroatoms. The third-order valence-corrected chi connectivity index (χ3v) is 3.11. The van der Waals surface area contributed by atoms with Crippen LogP contribution in [0.25, 0.3) is 0 Å². The van der Waals surface area contributed by atoms with E-state index in [1.807, 2.05) is 35.0 Å². The van der Waals surface area contributed by atoms with E-state index in [2.05, 4.69) is 10.3 Å². The van der Waals surface area contributed by atoms with E-state index in [9.17, 15) is 4.79 Å². The van der Waals surface area contributed by atoms with Gasteiger partial charge in [0.1, 0.15) is 12.4 Å². The summed E-state index contributed by atoms with van der Waals surface area (Å²) < 4.78 is 7.66. The number of nitrogens with two attached hydrogens (primary N) is 1. The van der Waals surface area contributed by atoms with Crippen LogP contribution in [0.3, 0.4) is 0 Å². The zero-order chi connectivity index (χ0) is 15.1. The van der Waals surface area contributed by atoms with Gasteiger partial charge in [-0.2, -0.15) is 0 Å². The summed E-state index contributed by atoms with van der Waals surface area (Å²) in [7, 11) is 0. The highest BCUT2D eigenvalue weighted by atomic mass is 16.5. The Labute approximate surface area is 123 Å². The van der Waals surface area contributed by atoms with Gasteiger partial charge in [0, 0.05) is 24.9 Å². The first-order chi connectivity index (χ1) is 10.2. The lowest BCUT2D eigenvalue weighted by Crippen LogP contribution is -2.26. The van der Waals surface area contributed by atoms with Crippen molar-refractivity contribution in [3.8, 4) is 5.75 Å². The van der Waals surface area contributed by atoms with Crippen LogP contribution in [0.4, 0.5) is 5.69 Å². The molecule has 1 aromatic heterocycles. The zero-order valence-corrected chi connectivity index (χ0v) is 12.0. The SMILES string of the molecule is CC(CN)C(=O)Nc1ccccc1OCCn1ccnc1. The number of hydrogen-bond acceptors (Lipinski definition) is 4. The van der Waals surface area contributed by atoms with Crippen molar-refractivity contribution in [1.29, 1.82) is 0 Å². The fourth-order valence-corrected chi connectivity index (χ4v) is 1.74.